The Morgan fingerprint density at radius 2 is 1.98 bits per heavy atom. The van der Waals surface area contributed by atoms with Crippen molar-refractivity contribution in [1.29, 1.82) is 0 Å². The smallest absolute Gasteiger partial charge is 0.164 e. The first-order chi connectivity index (χ1) is 19.2. The Hall–Kier alpha value is -3.06. The summed E-state index contributed by atoms with van der Waals surface area (Å²) in [7, 11) is 4.13. The van der Waals surface area contributed by atoms with E-state index >= 15 is 0 Å². The first-order valence-electron chi connectivity index (χ1n) is 13.9. The number of ether oxygens (including phenoxy) is 1. The number of H-pyrrole nitrogens is 1. The van der Waals surface area contributed by atoms with Crippen molar-refractivity contribution in [2.75, 3.05) is 44.5 Å². The summed E-state index contributed by atoms with van der Waals surface area (Å²) in [5, 5.41) is 41.2. The molecule has 0 radical (unpaired) electrons. The number of fused-ring (bicyclic) bond motifs is 2. The zero-order valence-electron chi connectivity index (χ0n) is 23.8. The molecular formula is C29H42N8O3. The summed E-state index contributed by atoms with van der Waals surface area (Å²) in [5.41, 5.74) is 2.26. The maximum atomic E-state index is 11.5. The van der Waals surface area contributed by atoms with Crippen LogP contribution in [0.2, 0.25) is 0 Å². The first-order valence-corrected chi connectivity index (χ1v) is 13.9. The second-order valence-electron chi connectivity index (χ2n) is 11.5. The van der Waals surface area contributed by atoms with E-state index in [1.807, 2.05) is 24.3 Å². The van der Waals surface area contributed by atoms with Gasteiger partial charge in [0.05, 0.1) is 11.2 Å². The van der Waals surface area contributed by atoms with Gasteiger partial charge in [-0.25, -0.2) is 4.98 Å². The molecule has 2 aliphatic heterocycles. The monoisotopic (exact) mass is 550 g/mol. The number of rotatable bonds is 11. The van der Waals surface area contributed by atoms with E-state index in [1.165, 1.54) is 6.08 Å². The van der Waals surface area contributed by atoms with Gasteiger partial charge >= 0.3 is 0 Å². The molecule has 0 bridgehead atoms. The molecule has 216 valence electrons. The first kappa shape index (κ1) is 28.5. The van der Waals surface area contributed by atoms with Gasteiger partial charge in [0.15, 0.2) is 12.2 Å². The van der Waals surface area contributed by atoms with Crippen LogP contribution in [0.3, 0.4) is 0 Å². The van der Waals surface area contributed by atoms with E-state index in [-0.39, 0.29) is 6.04 Å². The lowest BCUT2D eigenvalue weighted by atomic mass is 9.91. The number of nitrogens with zero attached hydrogens (tertiary/aromatic N) is 4. The van der Waals surface area contributed by atoms with Crippen LogP contribution >= 0.6 is 0 Å². The molecule has 11 nitrogen and oxygen atoms in total. The molecule has 5 rings (SSSR count). The van der Waals surface area contributed by atoms with Crippen molar-refractivity contribution < 1.29 is 14.9 Å². The number of aliphatic hydroxyl groups is 2. The molecule has 0 saturated carbocycles. The number of nitrogens with one attached hydrogen (secondary N) is 4. The molecule has 11 heteroatoms. The number of likely N-dealkylation sites (N-methyl/N-ethyl adjacent to an activating group) is 1. The minimum absolute atomic E-state index is 0.140. The van der Waals surface area contributed by atoms with Crippen LogP contribution in [0.15, 0.2) is 43.1 Å². The van der Waals surface area contributed by atoms with Gasteiger partial charge in [-0.1, -0.05) is 18.7 Å². The third kappa shape index (κ3) is 5.71. The van der Waals surface area contributed by atoms with E-state index in [0.717, 1.165) is 60.3 Å². The number of hydrogen-bond acceptors (Lipinski definition) is 10. The van der Waals surface area contributed by atoms with Gasteiger partial charge in [-0.2, -0.15) is 5.10 Å². The van der Waals surface area contributed by atoms with Crippen LogP contribution in [-0.2, 0) is 16.8 Å². The summed E-state index contributed by atoms with van der Waals surface area (Å²) in [6, 6.07) is 7.85. The van der Waals surface area contributed by atoms with Gasteiger partial charge in [-0.05, 0) is 64.9 Å². The summed E-state index contributed by atoms with van der Waals surface area (Å²) in [5.74, 6) is 1.78. The van der Waals surface area contributed by atoms with Crippen molar-refractivity contribution in [3.05, 3.63) is 54.4 Å². The van der Waals surface area contributed by atoms with Crippen LogP contribution < -0.4 is 16.0 Å². The SMILES string of the molecule is C=CC(O)Nc1cccc2c(Nc3n[nH]c4c3CN(C(O)N[C@H](CN(C)C)C3CCOCC3)C4(C)C)nccc12. The van der Waals surface area contributed by atoms with E-state index in [9.17, 15) is 10.2 Å². The maximum absolute atomic E-state index is 11.5. The van der Waals surface area contributed by atoms with E-state index in [4.69, 9.17) is 4.74 Å². The fourth-order valence-electron chi connectivity index (χ4n) is 5.93. The van der Waals surface area contributed by atoms with Gasteiger partial charge in [0, 0.05) is 60.6 Å². The van der Waals surface area contributed by atoms with E-state index in [1.54, 1.807) is 6.20 Å². The zero-order valence-corrected chi connectivity index (χ0v) is 23.8. The van der Waals surface area contributed by atoms with Gasteiger partial charge in [-0.3, -0.25) is 15.3 Å². The molecule has 6 N–H and O–H groups in total. The predicted octanol–water partition coefficient (Wildman–Crippen LogP) is 2.89. The molecule has 2 aromatic heterocycles. The topological polar surface area (TPSA) is 134 Å². The Morgan fingerprint density at radius 1 is 1.20 bits per heavy atom. The zero-order chi connectivity index (χ0) is 28.4. The number of hydrogen-bond donors (Lipinski definition) is 6. The molecule has 0 spiro atoms. The van der Waals surface area contributed by atoms with Crippen LogP contribution in [0, 0.1) is 5.92 Å². The molecule has 2 aliphatic rings. The van der Waals surface area contributed by atoms with E-state index in [2.05, 4.69) is 75.5 Å². The van der Waals surface area contributed by atoms with Crippen molar-refractivity contribution in [3.63, 3.8) is 0 Å². The van der Waals surface area contributed by atoms with Gasteiger partial charge in [0.1, 0.15) is 12.0 Å². The normalized spacial score (nSPS) is 19.9. The number of aliphatic hydroxyl groups excluding tert-OH is 2. The van der Waals surface area contributed by atoms with Crippen molar-refractivity contribution in [1.82, 2.24) is 30.3 Å². The molecule has 3 atom stereocenters. The van der Waals surface area contributed by atoms with Gasteiger partial charge in [0.25, 0.3) is 0 Å². The van der Waals surface area contributed by atoms with Gasteiger partial charge < -0.3 is 30.5 Å². The Morgan fingerprint density at radius 3 is 2.70 bits per heavy atom. The summed E-state index contributed by atoms with van der Waals surface area (Å²) in [6.07, 6.45) is 3.45. The van der Waals surface area contributed by atoms with Crippen molar-refractivity contribution in [2.24, 2.45) is 5.92 Å². The molecule has 3 aromatic rings. The molecule has 40 heavy (non-hydrogen) atoms. The highest BCUT2D eigenvalue weighted by Gasteiger charge is 2.45. The lowest BCUT2D eigenvalue weighted by molar-refractivity contribution is -0.0900. The van der Waals surface area contributed by atoms with Crippen molar-refractivity contribution in [2.45, 2.75) is 57.4 Å². The third-order valence-electron chi connectivity index (χ3n) is 8.15. The van der Waals surface area contributed by atoms with Gasteiger partial charge in [-0.15, -0.1) is 0 Å². The molecule has 1 saturated heterocycles. The molecule has 0 aliphatic carbocycles. The Labute approximate surface area is 235 Å². The van der Waals surface area contributed by atoms with Crippen molar-refractivity contribution in [3.8, 4) is 0 Å². The summed E-state index contributed by atoms with van der Waals surface area (Å²) < 4.78 is 5.59. The highest BCUT2D eigenvalue weighted by atomic mass is 16.5. The number of benzene rings is 1. The van der Waals surface area contributed by atoms with E-state index < -0.39 is 18.1 Å². The summed E-state index contributed by atoms with van der Waals surface area (Å²) in [6.45, 7) is 10.7. The molecule has 0 amide bonds. The number of anilines is 3. The van der Waals surface area contributed by atoms with Crippen LogP contribution in [-0.4, -0.2) is 87.7 Å². The third-order valence-corrected chi connectivity index (χ3v) is 8.15. The van der Waals surface area contributed by atoms with Crippen LogP contribution in [0.4, 0.5) is 17.3 Å². The average molecular weight is 551 g/mol. The minimum Gasteiger partial charge on any atom is -0.381 e. The Kier molecular flexibility index (Phi) is 8.41. The van der Waals surface area contributed by atoms with Crippen molar-refractivity contribution >= 4 is 28.1 Å². The molecule has 4 heterocycles. The van der Waals surface area contributed by atoms with Crippen LogP contribution in [0.5, 0.6) is 0 Å². The van der Waals surface area contributed by atoms with Crippen LogP contribution in [0.25, 0.3) is 10.8 Å². The largest absolute Gasteiger partial charge is 0.381 e. The molecule has 2 unspecified atom stereocenters. The second kappa shape index (κ2) is 11.8. The Bertz CT molecular complexity index is 1320. The molecule has 1 aromatic carbocycles. The average Bonchev–Trinajstić information content (AvgIpc) is 3.46. The maximum Gasteiger partial charge on any atom is 0.164 e. The molecular weight excluding hydrogens is 508 g/mol. The summed E-state index contributed by atoms with van der Waals surface area (Å²) >= 11 is 0. The van der Waals surface area contributed by atoms with Crippen LogP contribution in [0.1, 0.15) is 37.9 Å². The standard InChI is InChI=1S/C29H42N8O3/c1-6-24(38)31-22-9-7-8-20-19(22)10-13-30-26(20)33-27-21-16-37(29(2,3)25(21)34-35-27)28(39)32-23(17-36(4)5)18-11-14-40-15-12-18/h6-10,13,18,23-24,28,31-32,38-39H,1,11-12,14-17H2,2-5H3,(H2,30,33,34,35)/t23-,24?,28?/m1/s1. The Balaban J connectivity index is 1.37. The van der Waals surface area contributed by atoms with E-state index in [0.29, 0.717) is 24.1 Å². The fraction of sp³-hybridized carbons (Fsp3) is 0.517. The number of aromatic amines is 1. The molecule has 1 fully saturated rings. The highest BCUT2D eigenvalue weighted by molar-refractivity contribution is 6.00. The second-order valence-corrected chi connectivity index (χ2v) is 11.5. The fourth-order valence-corrected chi connectivity index (χ4v) is 5.93. The quantitative estimate of drug-likeness (QED) is 0.156. The van der Waals surface area contributed by atoms with Gasteiger partial charge in [0.2, 0.25) is 0 Å². The predicted molar refractivity (Wildman–Crippen MR) is 157 cm³/mol. The summed E-state index contributed by atoms with van der Waals surface area (Å²) in [4.78, 5) is 8.83. The minimum atomic E-state index is -0.859. The number of pyridine rings is 1. The highest BCUT2D eigenvalue weighted by Crippen LogP contribution is 2.42. The number of aromatic nitrogens is 3. The lowest BCUT2D eigenvalue weighted by Gasteiger charge is -2.40. The lowest BCUT2D eigenvalue weighted by Crippen LogP contribution is -2.57.